The fourth-order valence-corrected chi connectivity index (χ4v) is 3.51. The van der Waals surface area contributed by atoms with Gasteiger partial charge in [-0.25, -0.2) is 4.98 Å². The van der Waals surface area contributed by atoms with Gasteiger partial charge in [-0.05, 0) is 24.8 Å². The Labute approximate surface area is 120 Å². The van der Waals surface area contributed by atoms with E-state index in [9.17, 15) is 4.79 Å². The normalized spacial score (nSPS) is 12.5. The highest BCUT2D eigenvalue weighted by Gasteiger charge is 2.18. The van der Waals surface area contributed by atoms with E-state index in [1.54, 1.807) is 11.3 Å². The first-order chi connectivity index (χ1) is 9.13. The number of nitrogens with zero attached hydrogens (tertiary/aromatic N) is 2. The summed E-state index contributed by atoms with van der Waals surface area (Å²) in [4.78, 5) is 16.3. The van der Waals surface area contributed by atoms with E-state index in [-0.39, 0.29) is 11.8 Å². The molecule has 19 heavy (non-hydrogen) atoms. The Morgan fingerprint density at radius 2 is 2.42 bits per heavy atom. The van der Waals surface area contributed by atoms with Gasteiger partial charge in [0.1, 0.15) is 0 Å². The minimum Gasteiger partial charge on any atom is -0.481 e. The Kier molecular flexibility index (Phi) is 4.66. The van der Waals surface area contributed by atoms with Crippen LogP contribution in [-0.2, 0) is 11.2 Å². The molecule has 0 fully saturated rings. The summed E-state index contributed by atoms with van der Waals surface area (Å²) >= 11 is 2.98. The molecule has 0 saturated carbocycles. The second-order valence-electron chi connectivity index (χ2n) is 4.13. The minimum absolute atomic E-state index is 0.0390. The Morgan fingerprint density at radius 3 is 3.00 bits per heavy atom. The van der Waals surface area contributed by atoms with Gasteiger partial charge in [-0.2, -0.15) is 0 Å². The van der Waals surface area contributed by atoms with E-state index in [4.69, 9.17) is 5.11 Å². The van der Waals surface area contributed by atoms with Crippen LogP contribution in [-0.4, -0.2) is 26.4 Å². The Balaban J connectivity index is 2.30. The van der Waals surface area contributed by atoms with Gasteiger partial charge in [0.2, 0.25) is 0 Å². The topological polar surface area (TPSA) is 55.1 Å². The predicted molar refractivity (Wildman–Crippen MR) is 78.1 cm³/mol. The van der Waals surface area contributed by atoms with E-state index >= 15 is 0 Å². The van der Waals surface area contributed by atoms with Crippen molar-refractivity contribution in [3.8, 4) is 0 Å². The minimum atomic E-state index is -0.818. The fourth-order valence-electron chi connectivity index (χ4n) is 1.94. The monoisotopic (exact) mass is 296 g/mol. The smallest absolute Gasteiger partial charge is 0.313 e. The SMILES string of the molecule is CCc1cnc(SCC(=O)O)n1C(C)c1cccs1. The van der Waals surface area contributed by atoms with Gasteiger partial charge < -0.3 is 9.67 Å². The van der Waals surface area contributed by atoms with Gasteiger partial charge >= 0.3 is 5.97 Å². The van der Waals surface area contributed by atoms with Crippen molar-refractivity contribution in [2.24, 2.45) is 0 Å². The van der Waals surface area contributed by atoms with Crippen LogP contribution in [0, 0.1) is 0 Å². The molecule has 0 aliphatic carbocycles. The molecule has 4 nitrogen and oxygen atoms in total. The average Bonchev–Trinajstić information content (AvgIpc) is 3.04. The second kappa shape index (κ2) is 6.25. The highest BCUT2D eigenvalue weighted by Crippen LogP contribution is 2.29. The molecule has 0 saturated heterocycles. The zero-order valence-corrected chi connectivity index (χ0v) is 12.5. The highest BCUT2D eigenvalue weighted by atomic mass is 32.2. The summed E-state index contributed by atoms with van der Waals surface area (Å²) in [6.45, 7) is 4.21. The molecule has 0 aromatic carbocycles. The molecule has 0 aliphatic rings. The third-order valence-corrected chi connectivity index (χ3v) is 4.86. The van der Waals surface area contributed by atoms with Crippen molar-refractivity contribution in [1.82, 2.24) is 9.55 Å². The van der Waals surface area contributed by atoms with Crippen LogP contribution >= 0.6 is 23.1 Å². The van der Waals surface area contributed by atoms with Gasteiger partial charge in [-0.15, -0.1) is 11.3 Å². The van der Waals surface area contributed by atoms with Crippen LogP contribution in [0.2, 0.25) is 0 Å². The van der Waals surface area contributed by atoms with Crippen LogP contribution in [0.5, 0.6) is 0 Å². The van der Waals surface area contributed by atoms with E-state index in [0.29, 0.717) is 0 Å². The lowest BCUT2D eigenvalue weighted by Crippen LogP contribution is -2.11. The van der Waals surface area contributed by atoms with E-state index in [1.807, 2.05) is 12.3 Å². The molecule has 1 atom stereocenters. The number of carboxylic acids is 1. The van der Waals surface area contributed by atoms with Gasteiger partial charge in [-0.1, -0.05) is 24.8 Å². The van der Waals surface area contributed by atoms with Gasteiger partial charge in [0.05, 0.1) is 11.8 Å². The average molecular weight is 296 g/mol. The van der Waals surface area contributed by atoms with Crippen LogP contribution < -0.4 is 0 Å². The third-order valence-electron chi connectivity index (χ3n) is 2.87. The Morgan fingerprint density at radius 1 is 1.63 bits per heavy atom. The van der Waals surface area contributed by atoms with Crippen LogP contribution in [0.4, 0.5) is 0 Å². The van der Waals surface area contributed by atoms with Crippen molar-refractivity contribution >= 4 is 29.1 Å². The summed E-state index contributed by atoms with van der Waals surface area (Å²) in [5, 5.41) is 11.6. The first-order valence-corrected chi connectivity index (χ1v) is 7.94. The van der Waals surface area contributed by atoms with Crippen LogP contribution in [0.15, 0.2) is 28.9 Å². The molecule has 0 aliphatic heterocycles. The molecule has 2 heterocycles. The van der Waals surface area contributed by atoms with Gasteiger partial charge in [0, 0.05) is 16.8 Å². The van der Waals surface area contributed by atoms with Gasteiger partial charge in [0.15, 0.2) is 5.16 Å². The number of thiophene rings is 1. The number of imidazole rings is 1. The number of hydrogen-bond donors (Lipinski definition) is 1. The molecule has 2 aromatic heterocycles. The van der Waals surface area contributed by atoms with E-state index in [2.05, 4.69) is 34.8 Å². The number of rotatable bonds is 6. The van der Waals surface area contributed by atoms with Crippen molar-refractivity contribution in [3.63, 3.8) is 0 Å². The number of thioether (sulfide) groups is 1. The lowest BCUT2D eigenvalue weighted by Gasteiger charge is -2.17. The highest BCUT2D eigenvalue weighted by molar-refractivity contribution is 7.99. The summed E-state index contributed by atoms with van der Waals surface area (Å²) in [5.41, 5.74) is 1.13. The van der Waals surface area contributed by atoms with E-state index in [0.717, 1.165) is 17.3 Å². The van der Waals surface area contributed by atoms with Crippen molar-refractivity contribution in [2.75, 3.05) is 5.75 Å². The molecule has 2 rings (SSSR count). The van der Waals surface area contributed by atoms with Crippen LogP contribution in [0.1, 0.15) is 30.5 Å². The molecule has 0 radical (unpaired) electrons. The zero-order valence-electron chi connectivity index (χ0n) is 10.9. The molecular weight excluding hydrogens is 280 g/mol. The number of aryl methyl sites for hydroxylation is 1. The molecular formula is C13H16N2O2S2. The molecule has 0 amide bonds. The summed E-state index contributed by atoms with van der Waals surface area (Å²) in [6, 6.07) is 4.32. The maximum absolute atomic E-state index is 10.7. The van der Waals surface area contributed by atoms with Crippen molar-refractivity contribution < 1.29 is 9.90 Å². The predicted octanol–water partition coefficient (Wildman–Crippen LogP) is 3.29. The Bertz CT molecular complexity index is 549. The van der Waals surface area contributed by atoms with E-state index in [1.165, 1.54) is 16.6 Å². The quantitative estimate of drug-likeness (QED) is 0.831. The lowest BCUT2D eigenvalue weighted by molar-refractivity contribution is -0.133. The molecule has 1 N–H and O–H groups in total. The summed E-state index contributed by atoms with van der Waals surface area (Å²) in [7, 11) is 0. The largest absolute Gasteiger partial charge is 0.481 e. The number of aliphatic carboxylic acids is 1. The van der Waals surface area contributed by atoms with Crippen molar-refractivity contribution in [2.45, 2.75) is 31.5 Å². The van der Waals surface area contributed by atoms with Crippen molar-refractivity contribution in [1.29, 1.82) is 0 Å². The second-order valence-corrected chi connectivity index (χ2v) is 6.05. The van der Waals surface area contributed by atoms with Gasteiger partial charge in [-0.3, -0.25) is 4.79 Å². The summed E-state index contributed by atoms with van der Waals surface area (Å²) in [5.74, 6) is -0.779. The van der Waals surface area contributed by atoms with E-state index < -0.39 is 5.97 Å². The third kappa shape index (κ3) is 3.19. The lowest BCUT2D eigenvalue weighted by atomic mass is 10.2. The molecule has 2 aromatic rings. The first kappa shape index (κ1) is 14.1. The Hall–Kier alpha value is -1.27. The zero-order chi connectivity index (χ0) is 13.8. The number of carboxylic acid groups (broad SMARTS) is 1. The number of carbonyl (C=O) groups is 1. The molecule has 102 valence electrons. The number of aromatic nitrogens is 2. The summed E-state index contributed by atoms with van der Waals surface area (Å²) in [6.07, 6.45) is 2.73. The first-order valence-electron chi connectivity index (χ1n) is 6.07. The fraction of sp³-hybridized carbons (Fsp3) is 0.385. The summed E-state index contributed by atoms with van der Waals surface area (Å²) < 4.78 is 2.14. The maximum Gasteiger partial charge on any atom is 0.313 e. The van der Waals surface area contributed by atoms with Crippen molar-refractivity contribution in [3.05, 3.63) is 34.3 Å². The maximum atomic E-state index is 10.7. The van der Waals surface area contributed by atoms with Crippen LogP contribution in [0.25, 0.3) is 0 Å². The molecule has 1 unspecified atom stereocenters. The van der Waals surface area contributed by atoms with Crippen LogP contribution in [0.3, 0.4) is 0 Å². The van der Waals surface area contributed by atoms with Gasteiger partial charge in [0.25, 0.3) is 0 Å². The molecule has 0 bridgehead atoms. The molecule has 0 spiro atoms. The number of hydrogen-bond acceptors (Lipinski definition) is 4. The molecule has 6 heteroatoms. The standard InChI is InChI=1S/C13H16N2O2S2/c1-3-10-7-14-13(19-8-12(16)17)15(10)9(2)11-5-4-6-18-11/h4-7,9H,3,8H2,1-2H3,(H,16,17).